The maximum atomic E-state index is 6.01. The first-order valence-electron chi connectivity index (χ1n) is 7.94. The average molecular weight is 413 g/mol. The molecule has 130 valence electrons. The van der Waals surface area contributed by atoms with Gasteiger partial charge < -0.3 is 14.8 Å². The van der Waals surface area contributed by atoms with Crippen molar-refractivity contribution in [3.63, 3.8) is 0 Å². The fourth-order valence-electron chi connectivity index (χ4n) is 2.27. The number of hydrogen-bond donors (Lipinski definition) is 1. The zero-order valence-electron chi connectivity index (χ0n) is 14.2. The van der Waals surface area contributed by atoms with Crippen molar-refractivity contribution in [2.24, 2.45) is 5.92 Å². The fraction of sp³-hybridized carbons (Fsp3) is 0.368. The molecule has 3 nitrogen and oxygen atoms in total. The highest BCUT2D eigenvalue weighted by Gasteiger charge is 2.11. The van der Waals surface area contributed by atoms with Crippen LogP contribution in [0, 0.1) is 5.92 Å². The van der Waals surface area contributed by atoms with Crippen molar-refractivity contribution in [1.82, 2.24) is 5.32 Å². The lowest BCUT2D eigenvalue weighted by Gasteiger charge is -2.15. The van der Waals surface area contributed by atoms with Gasteiger partial charge in [0.1, 0.15) is 6.61 Å². The Labute approximate surface area is 157 Å². The Kier molecular flexibility index (Phi) is 7.40. The van der Waals surface area contributed by atoms with Crippen LogP contribution in [0.1, 0.15) is 25.0 Å². The summed E-state index contributed by atoms with van der Waals surface area (Å²) in [5, 5.41) is 4.14. The lowest BCUT2D eigenvalue weighted by atomic mass is 10.1. The lowest BCUT2D eigenvalue weighted by Crippen LogP contribution is -2.19. The third-order valence-electron chi connectivity index (χ3n) is 3.48. The molecule has 5 heteroatoms. The highest BCUT2D eigenvalue weighted by Crippen LogP contribution is 2.34. The van der Waals surface area contributed by atoms with Crippen LogP contribution in [-0.2, 0) is 13.2 Å². The molecule has 2 aromatic carbocycles. The van der Waals surface area contributed by atoms with E-state index in [9.17, 15) is 0 Å². The lowest BCUT2D eigenvalue weighted by molar-refractivity contribution is 0.284. The van der Waals surface area contributed by atoms with E-state index in [1.165, 1.54) is 0 Å². The van der Waals surface area contributed by atoms with Crippen LogP contribution < -0.4 is 14.8 Å². The van der Waals surface area contributed by atoms with Gasteiger partial charge in [0.2, 0.25) is 0 Å². The maximum absolute atomic E-state index is 6.01. The van der Waals surface area contributed by atoms with Crippen LogP contribution in [0.5, 0.6) is 11.5 Å². The first kappa shape index (κ1) is 19.1. The van der Waals surface area contributed by atoms with Gasteiger partial charge >= 0.3 is 0 Å². The first-order valence-corrected chi connectivity index (χ1v) is 9.11. The van der Waals surface area contributed by atoms with E-state index in [0.29, 0.717) is 23.3 Å². The van der Waals surface area contributed by atoms with Crippen molar-refractivity contribution in [1.29, 1.82) is 0 Å². The zero-order valence-corrected chi connectivity index (χ0v) is 16.6. The van der Waals surface area contributed by atoms with E-state index in [2.05, 4.69) is 35.1 Å². The van der Waals surface area contributed by atoms with Gasteiger partial charge in [0.25, 0.3) is 0 Å². The molecule has 0 spiro atoms. The molecule has 0 fully saturated rings. The molecule has 24 heavy (non-hydrogen) atoms. The van der Waals surface area contributed by atoms with Gasteiger partial charge in [-0.15, -0.1) is 0 Å². The summed E-state index contributed by atoms with van der Waals surface area (Å²) in [7, 11) is 1.65. The second-order valence-electron chi connectivity index (χ2n) is 6.04. The molecule has 0 bridgehead atoms. The number of hydrogen-bond acceptors (Lipinski definition) is 3. The van der Waals surface area contributed by atoms with E-state index in [4.69, 9.17) is 21.1 Å². The second kappa shape index (κ2) is 9.30. The minimum atomic E-state index is 0.439. The number of nitrogens with one attached hydrogen (secondary N) is 1. The van der Waals surface area contributed by atoms with Gasteiger partial charge in [-0.3, -0.25) is 0 Å². The van der Waals surface area contributed by atoms with Crippen LogP contribution in [0.15, 0.2) is 40.9 Å². The predicted molar refractivity (Wildman–Crippen MR) is 103 cm³/mol. The standard InChI is InChI=1S/C19H23BrClNO2/c1-13(2)10-22-11-15-8-18(23-3)19(9-17(15)20)24-12-14-5-4-6-16(21)7-14/h4-9,13,22H,10-12H2,1-3H3. The molecule has 0 aliphatic rings. The van der Waals surface area contributed by atoms with E-state index in [-0.39, 0.29) is 0 Å². The Morgan fingerprint density at radius 2 is 1.96 bits per heavy atom. The topological polar surface area (TPSA) is 30.5 Å². The summed E-state index contributed by atoms with van der Waals surface area (Å²) >= 11 is 9.63. The molecule has 0 amide bonds. The minimum absolute atomic E-state index is 0.439. The van der Waals surface area contributed by atoms with Gasteiger partial charge in [-0.25, -0.2) is 0 Å². The molecule has 0 aliphatic carbocycles. The average Bonchev–Trinajstić information content (AvgIpc) is 2.54. The molecule has 0 saturated heterocycles. The van der Waals surface area contributed by atoms with Crippen LogP contribution in [0.2, 0.25) is 5.02 Å². The van der Waals surface area contributed by atoms with Crippen molar-refractivity contribution >= 4 is 27.5 Å². The van der Waals surface area contributed by atoms with Crippen molar-refractivity contribution in [2.45, 2.75) is 27.0 Å². The van der Waals surface area contributed by atoms with E-state index < -0.39 is 0 Å². The second-order valence-corrected chi connectivity index (χ2v) is 7.33. The van der Waals surface area contributed by atoms with Gasteiger partial charge in [0.05, 0.1) is 7.11 Å². The third-order valence-corrected chi connectivity index (χ3v) is 4.46. The summed E-state index contributed by atoms with van der Waals surface area (Å²) in [4.78, 5) is 0. The zero-order chi connectivity index (χ0) is 17.5. The molecule has 0 heterocycles. The number of ether oxygens (including phenoxy) is 2. The Bertz CT molecular complexity index is 676. The summed E-state index contributed by atoms with van der Waals surface area (Å²) in [6, 6.07) is 11.6. The van der Waals surface area contributed by atoms with Crippen LogP contribution in [-0.4, -0.2) is 13.7 Å². The minimum Gasteiger partial charge on any atom is -0.493 e. The van der Waals surface area contributed by atoms with Gasteiger partial charge in [-0.05, 0) is 47.9 Å². The third kappa shape index (κ3) is 5.69. The highest BCUT2D eigenvalue weighted by molar-refractivity contribution is 9.10. The molecular weight excluding hydrogens is 390 g/mol. The maximum Gasteiger partial charge on any atom is 0.162 e. The van der Waals surface area contributed by atoms with Gasteiger partial charge in [-0.2, -0.15) is 0 Å². The molecule has 0 aromatic heterocycles. The quantitative estimate of drug-likeness (QED) is 0.626. The molecule has 1 N–H and O–H groups in total. The molecule has 2 rings (SSSR count). The first-order chi connectivity index (χ1) is 11.5. The molecule has 2 aromatic rings. The van der Waals surface area contributed by atoms with Crippen molar-refractivity contribution < 1.29 is 9.47 Å². The molecule has 0 saturated carbocycles. The summed E-state index contributed by atoms with van der Waals surface area (Å²) in [5.74, 6) is 2.05. The fourth-order valence-corrected chi connectivity index (χ4v) is 2.94. The van der Waals surface area contributed by atoms with Crippen molar-refractivity contribution in [2.75, 3.05) is 13.7 Å². The van der Waals surface area contributed by atoms with Crippen molar-refractivity contribution in [3.05, 3.63) is 57.0 Å². The molecule has 0 radical (unpaired) electrons. The summed E-state index contributed by atoms with van der Waals surface area (Å²) in [5.41, 5.74) is 2.16. The smallest absolute Gasteiger partial charge is 0.162 e. The Hall–Kier alpha value is -1.23. The predicted octanol–water partition coefficient (Wildman–Crippen LogP) is 5.44. The number of benzene rings is 2. The summed E-state index contributed by atoms with van der Waals surface area (Å²) < 4.78 is 12.4. The number of halogens is 2. The molecule has 0 atom stereocenters. The van der Waals surface area contributed by atoms with Crippen LogP contribution in [0.25, 0.3) is 0 Å². The Morgan fingerprint density at radius 1 is 1.17 bits per heavy atom. The van der Waals surface area contributed by atoms with Gasteiger partial charge in [0, 0.05) is 16.0 Å². The molecule has 0 aliphatic heterocycles. The van der Waals surface area contributed by atoms with E-state index in [0.717, 1.165) is 34.4 Å². The number of rotatable bonds is 8. The monoisotopic (exact) mass is 411 g/mol. The Morgan fingerprint density at radius 3 is 2.62 bits per heavy atom. The van der Waals surface area contributed by atoms with E-state index in [1.54, 1.807) is 7.11 Å². The van der Waals surface area contributed by atoms with Crippen LogP contribution in [0.4, 0.5) is 0 Å². The van der Waals surface area contributed by atoms with Gasteiger partial charge in [-0.1, -0.05) is 53.5 Å². The van der Waals surface area contributed by atoms with Crippen LogP contribution >= 0.6 is 27.5 Å². The highest BCUT2D eigenvalue weighted by atomic mass is 79.9. The largest absolute Gasteiger partial charge is 0.493 e. The van der Waals surface area contributed by atoms with Gasteiger partial charge in [0.15, 0.2) is 11.5 Å². The van der Waals surface area contributed by atoms with E-state index in [1.807, 2.05) is 36.4 Å². The van der Waals surface area contributed by atoms with Crippen LogP contribution in [0.3, 0.4) is 0 Å². The number of methoxy groups -OCH3 is 1. The normalized spacial score (nSPS) is 10.9. The SMILES string of the molecule is COc1cc(CNCC(C)C)c(Br)cc1OCc1cccc(Cl)c1. The summed E-state index contributed by atoms with van der Waals surface area (Å²) in [6.45, 7) is 6.57. The Balaban J connectivity index is 2.08. The molecule has 0 unspecified atom stereocenters. The van der Waals surface area contributed by atoms with E-state index >= 15 is 0 Å². The van der Waals surface area contributed by atoms with Crippen molar-refractivity contribution in [3.8, 4) is 11.5 Å². The summed E-state index contributed by atoms with van der Waals surface area (Å²) in [6.07, 6.45) is 0. The molecular formula is C19H23BrClNO2.